The molecule has 0 saturated heterocycles. The van der Waals surface area contributed by atoms with E-state index in [1.807, 2.05) is 0 Å². The molecule has 0 spiro atoms. The minimum absolute atomic E-state index is 0.158. The highest BCUT2D eigenvalue weighted by molar-refractivity contribution is 4.69. The van der Waals surface area contributed by atoms with Crippen LogP contribution in [0.5, 0.6) is 0 Å². The standard InChI is InChI=1S/C3H5ClO3/c1-3(2)7-4(5)6/h1H2,2H3. The SMILES string of the molecule is C=C(C)O[Cl+2]([O-])[O-]. The minimum Gasteiger partial charge on any atom is -0.307 e. The van der Waals surface area contributed by atoms with Gasteiger partial charge in [0.05, 0.1) is 0 Å². The molecule has 4 heteroatoms. The third-order valence-electron chi connectivity index (χ3n) is 0.195. The molecule has 0 fully saturated rings. The molecular weight excluding hydrogens is 119 g/mol. The van der Waals surface area contributed by atoms with Crippen LogP contribution in [0.15, 0.2) is 12.3 Å². The summed E-state index contributed by atoms with van der Waals surface area (Å²) in [5.41, 5.74) is 0. The van der Waals surface area contributed by atoms with Gasteiger partial charge >= 0.3 is 10.8 Å². The molecule has 0 bridgehead atoms. The Labute approximate surface area is 44.6 Å². The van der Waals surface area contributed by atoms with Crippen LogP contribution >= 0.6 is 0 Å². The molecule has 0 radical (unpaired) electrons. The van der Waals surface area contributed by atoms with Crippen molar-refractivity contribution in [3.05, 3.63) is 12.3 Å². The van der Waals surface area contributed by atoms with E-state index < -0.39 is 10.8 Å². The zero-order chi connectivity index (χ0) is 5.86. The fourth-order valence-corrected chi connectivity index (χ4v) is 0.323. The van der Waals surface area contributed by atoms with E-state index in [9.17, 15) is 9.32 Å². The molecule has 3 nitrogen and oxygen atoms in total. The Balaban J connectivity index is 3.13. The Kier molecular flexibility index (Phi) is 2.75. The lowest BCUT2D eigenvalue weighted by molar-refractivity contribution is -1.63. The molecule has 0 aromatic rings. The van der Waals surface area contributed by atoms with Crippen LogP contribution in [-0.2, 0) is 4.29 Å². The fourth-order valence-electron chi connectivity index (χ4n) is 0.108. The Morgan fingerprint density at radius 2 is 2.14 bits per heavy atom. The summed E-state index contributed by atoms with van der Waals surface area (Å²) >= 11 is 0. The van der Waals surface area contributed by atoms with E-state index in [-0.39, 0.29) is 5.76 Å². The van der Waals surface area contributed by atoms with Crippen LogP contribution in [0.1, 0.15) is 6.92 Å². The highest BCUT2D eigenvalue weighted by Gasteiger charge is 2.03. The molecule has 0 atom stereocenters. The molecule has 0 N–H and O–H groups in total. The van der Waals surface area contributed by atoms with Gasteiger partial charge in [-0.3, -0.25) is 0 Å². The number of hydrogen-bond donors (Lipinski definition) is 0. The van der Waals surface area contributed by atoms with Gasteiger partial charge in [-0.15, -0.1) is 4.29 Å². The maximum absolute atomic E-state index is 9.49. The molecule has 0 saturated carbocycles. The molecule has 0 rings (SSSR count). The molecule has 0 unspecified atom stereocenters. The van der Waals surface area contributed by atoms with E-state index >= 15 is 0 Å². The average Bonchev–Trinajstić information content (AvgIpc) is 1.27. The summed E-state index contributed by atoms with van der Waals surface area (Å²) in [4.78, 5) is 0. The van der Waals surface area contributed by atoms with Crippen LogP contribution in [0.3, 0.4) is 0 Å². The van der Waals surface area contributed by atoms with Crippen LogP contribution in [0.25, 0.3) is 0 Å². The summed E-state index contributed by atoms with van der Waals surface area (Å²) in [7, 11) is -2.15. The first-order valence-electron chi connectivity index (χ1n) is 1.52. The topological polar surface area (TPSA) is 55.3 Å². The van der Waals surface area contributed by atoms with Crippen molar-refractivity contribution < 1.29 is 24.4 Å². The second-order valence-electron chi connectivity index (χ2n) is 0.968. The number of halogens is 1. The monoisotopic (exact) mass is 124 g/mol. The summed E-state index contributed by atoms with van der Waals surface area (Å²) in [6.45, 7) is 4.62. The van der Waals surface area contributed by atoms with E-state index in [2.05, 4.69) is 10.9 Å². The first-order chi connectivity index (χ1) is 3.13. The molecule has 0 amide bonds. The lowest BCUT2D eigenvalue weighted by Gasteiger charge is -1.89. The van der Waals surface area contributed by atoms with Crippen molar-refractivity contribution in [2.45, 2.75) is 6.92 Å². The van der Waals surface area contributed by atoms with Crippen molar-refractivity contribution in [3.8, 4) is 0 Å². The van der Waals surface area contributed by atoms with Crippen LogP contribution < -0.4 is 9.32 Å². The maximum atomic E-state index is 9.49. The van der Waals surface area contributed by atoms with Gasteiger partial charge in [-0.25, -0.2) is 0 Å². The van der Waals surface area contributed by atoms with Gasteiger partial charge in [0.2, 0.25) is 5.76 Å². The molecular formula is C3H5ClO3. The Morgan fingerprint density at radius 1 is 1.71 bits per heavy atom. The van der Waals surface area contributed by atoms with E-state index in [1.165, 1.54) is 6.92 Å². The predicted molar refractivity (Wildman–Crippen MR) is 15.9 cm³/mol. The fraction of sp³-hybridized carbons (Fsp3) is 0.333. The first kappa shape index (κ1) is 6.75. The van der Waals surface area contributed by atoms with Gasteiger partial charge in [-0.2, -0.15) is 0 Å². The Bertz CT molecular complexity index is 70.6. The number of allylic oxidation sites excluding steroid dienone is 1. The summed E-state index contributed by atoms with van der Waals surface area (Å²) in [5, 5.41) is 0. The van der Waals surface area contributed by atoms with Gasteiger partial charge in [0.15, 0.2) is 0 Å². The lowest BCUT2D eigenvalue weighted by atomic mass is 10.7. The van der Waals surface area contributed by atoms with Gasteiger partial charge in [-0.1, -0.05) is 0 Å². The van der Waals surface area contributed by atoms with Crippen molar-refractivity contribution in [1.82, 2.24) is 0 Å². The number of hydrogen-bond acceptors (Lipinski definition) is 3. The molecule has 0 aromatic carbocycles. The van der Waals surface area contributed by atoms with Crippen molar-refractivity contribution in [2.24, 2.45) is 0 Å². The van der Waals surface area contributed by atoms with Crippen molar-refractivity contribution in [3.63, 3.8) is 0 Å². The molecule has 0 aliphatic rings. The van der Waals surface area contributed by atoms with Gasteiger partial charge in [0.25, 0.3) is 0 Å². The zero-order valence-corrected chi connectivity index (χ0v) is 4.57. The van der Waals surface area contributed by atoms with Crippen LogP contribution in [-0.4, -0.2) is 0 Å². The highest BCUT2D eigenvalue weighted by Crippen LogP contribution is 1.89. The lowest BCUT2D eigenvalue weighted by Crippen LogP contribution is -2.33. The summed E-state index contributed by atoms with van der Waals surface area (Å²) in [5.74, 6) is 0.158. The molecule has 0 heterocycles. The minimum atomic E-state index is -2.15. The second kappa shape index (κ2) is 2.85. The van der Waals surface area contributed by atoms with Crippen LogP contribution in [0.4, 0.5) is 0 Å². The molecule has 0 aliphatic carbocycles. The van der Waals surface area contributed by atoms with Crippen LogP contribution in [0, 0.1) is 10.8 Å². The third kappa shape index (κ3) is 5.75. The van der Waals surface area contributed by atoms with Crippen LogP contribution in [0.2, 0.25) is 0 Å². The van der Waals surface area contributed by atoms with Gasteiger partial charge < -0.3 is 9.32 Å². The zero-order valence-electron chi connectivity index (χ0n) is 3.81. The van der Waals surface area contributed by atoms with Crippen molar-refractivity contribution >= 4 is 0 Å². The Morgan fingerprint density at radius 3 is 2.14 bits per heavy atom. The average molecular weight is 125 g/mol. The van der Waals surface area contributed by atoms with E-state index in [0.717, 1.165) is 0 Å². The largest absolute Gasteiger partial charge is 0.349 e. The Hall–Kier alpha value is -0.250. The van der Waals surface area contributed by atoms with E-state index in [1.54, 1.807) is 0 Å². The molecule has 7 heavy (non-hydrogen) atoms. The predicted octanol–water partition coefficient (Wildman–Crippen LogP) is -1.38. The van der Waals surface area contributed by atoms with Crippen molar-refractivity contribution in [2.75, 3.05) is 0 Å². The molecule has 0 aliphatic heterocycles. The van der Waals surface area contributed by atoms with Gasteiger partial charge in [0, 0.05) is 6.92 Å². The van der Waals surface area contributed by atoms with Gasteiger partial charge in [0.1, 0.15) is 0 Å². The van der Waals surface area contributed by atoms with Gasteiger partial charge in [-0.05, 0) is 6.58 Å². The van der Waals surface area contributed by atoms with E-state index in [0.29, 0.717) is 0 Å². The second-order valence-corrected chi connectivity index (χ2v) is 1.50. The maximum Gasteiger partial charge on any atom is 0.349 e. The van der Waals surface area contributed by atoms with Crippen molar-refractivity contribution in [1.29, 1.82) is 0 Å². The highest BCUT2D eigenvalue weighted by atomic mass is 35.6. The van der Waals surface area contributed by atoms with E-state index in [4.69, 9.17) is 0 Å². The molecule has 42 valence electrons. The first-order valence-corrected chi connectivity index (χ1v) is 2.45. The molecule has 0 aromatic heterocycles. The normalized spacial score (nSPS) is 9.14. The summed E-state index contributed by atoms with van der Waals surface area (Å²) in [6, 6.07) is 0. The third-order valence-corrected chi connectivity index (χ3v) is 0.584. The summed E-state index contributed by atoms with van der Waals surface area (Å²) in [6.07, 6.45) is 0. The number of rotatable bonds is 2. The smallest absolute Gasteiger partial charge is 0.307 e. The quantitative estimate of drug-likeness (QED) is 0.427. The summed E-state index contributed by atoms with van der Waals surface area (Å²) < 4.78 is 22.9.